The molecule has 0 aliphatic rings. The molecular formula is C18H17N5O3S2. The highest BCUT2D eigenvalue weighted by molar-refractivity contribution is 7.98. The van der Waals surface area contributed by atoms with E-state index in [2.05, 4.69) is 15.4 Å². The molecule has 3 aromatic heterocycles. The average Bonchev–Trinajstić information content (AvgIpc) is 3.47. The Morgan fingerprint density at radius 3 is 2.82 bits per heavy atom. The van der Waals surface area contributed by atoms with Crippen LogP contribution in [0.15, 0.2) is 51.5 Å². The summed E-state index contributed by atoms with van der Waals surface area (Å²) in [7, 11) is 3.18. The number of nitrogen functional groups attached to an aromatic ring is 1. The van der Waals surface area contributed by atoms with Gasteiger partial charge in [0.2, 0.25) is 5.16 Å². The van der Waals surface area contributed by atoms with Gasteiger partial charge in [0.1, 0.15) is 11.5 Å². The largest absolute Gasteiger partial charge is 0.497 e. The van der Waals surface area contributed by atoms with Crippen LogP contribution in [0.5, 0.6) is 11.5 Å². The highest BCUT2D eigenvalue weighted by Gasteiger charge is 2.17. The number of thioether (sulfide) groups is 1. The zero-order valence-electron chi connectivity index (χ0n) is 15.2. The smallest absolute Gasteiger partial charge is 0.210 e. The van der Waals surface area contributed by atoms with Crippen LogP contribution < -0.4 is 15.3 Å². The number of ether oxygens (including phenoxy) is 2. The highest BCUT2D eigenvalue weighted by Crippen LogP contribution is 2.33. The standard InChI is InChI=1S/C18H17N5O3S2/c1-24-12-5-6-13(14(9-12)25-2)17-20-21-18(23(17)19)28-10-11-8-15(26-22-11)16-4-3-7-27-16/h3-9H,10,19H2,1-2H3. The summed E-state index contributed by atoms with van der Waals surface area (Å²) < 4.78 is 17.5. The summed E-state index contributed by atoms with van der Waals surface area (Å²) in [4.78, 5) is 1.04. The van der Waals surface area contributed by atoms with Gasteiger partial charge in [-0.1, -0.05) is 23.0 Å². The van der Waals surface area contributed by atoms with E-state index in [-0.39, 0.29) is 0 Å². The molecule has 4 aromatic rings. The number of methoxy groups -OCH3 is 2. The van der Waals surface area contributed by atoms with Crippen molar-refractivity contribution in [3.05, 3.63) is 47.5 Å². The number of benzene rings is 1. The molecule has 4 rings (SSSR count). The lowest BCUT2D eigenvalue weighted by Gasteiger charge is -2.09. The molecule has 0 bridgehead atoms. The minimum Gasteiger partial charge on any atom is -0.497 e. The summed E-state index contributed by atoms with van der Waals surface area (Å²) in [5, 5.41) is 15.1. The fraction of sp³-hybridized carbons (Fsp3) is 0.167. The van der Waals surface area contributed by atoms with E-state index >= 15 is 0 Å². The van der Waals surface area contributed by atoms with Crippen molar-refractivity contribution in [2.45, 2.75) is 10.9 Å². The number of aromatic nitrogens is 4. The summed E-state index contributed by atoms with van der Waals surface area (Å²) in [6.45, 7) is 0. The van der Waals surface area contributed by atoms with Gasteiger partial charge in [-0.2, -0.15) is 0 Å². The first-order valence-electron chi connectivity index (χ1n) is 8.24. The molecule has 28 heavy (non-hydrogen) atoms. The van der Waals surface area contributed by atoms with Crippen LogP contribution in [-0.4, -0.2) is 34.2 Å². The van der Waals surface area contributed by atoms with Gasteiger partial charge in [0, 0.05) is 17.9 Å². The second-order valence-corrected chi connectivity index (χ2v) is 7.58. The lowest BCUT2D eigenvalue weighted by atomic mass is 10.2. The third-order valence-corrected chi connectivity index (χ3v) is 5.85. The highest BCUT2D eigenvalue weighted by atomic mass is 32.2. The molecule has 2 N–H and O–H groups in total. The first kappa shape index (κ1) is 18.4. The second-order valence-electron chi connectivity index (χ2n) is 5.69. The Labute approximate surface area is 169 Å². The van der Waals surface area contributed by atoms with Crippen LogP contribution in [0.1, 0.15) is 5.69 Å². The summed E-state index contributed by atoms with van der Waals surface area (Å²) in [5.74, 6) is 9.32. The second kappa shape index (κ2) is 7.95. The molecule has 0 saturated heterocycles. The van der Waals surface area contributed by atoms with E-state index < -0.39 is 0 Å². The van der Waals surface area contributed by atoms with Gasteiger partial charge in [-0.05, 0) is 23.6 Å². The maximum atomic E-state index is 6.22. The molecule has 0 saturated carbocycles. The molecule has 1 aromatic carbocycles. The maximum Gasteiger partial charge on any atom is 0.210 e. The van der Waals surface area contributed by atoms with Crippen molar-refractivity contribution in [2.75, 3.05) is 20.1 Å². The Hall–Kier alpha value is -2.98. The monoisotopic (exact) mass is 415 g/mol. The molecule has 3 heterocycles. The lowest BCUT2D eigenvalue weighted by molar-refractivity contribution is 0.395. The minimum atomic E-state index is 0.501. The number of hydrogen-bond acceptors (Lipinski definition) is 9. The van der Waals surface area contributed by atoms with Crippen LogP contribution in [0.4, 0.5) is 0 Å². The zero-order chi connectivity index (χ0) is 19.5. The number of hydrogen-bond donors (Lipinski definition) is 1. The van der Waals surface area contributed by atoms with E-state index in [0.717, 1.165) is 21.9 Å². The van der Waals surface area contributed by atoms with Crippen molar-refractivity contribution < 1.29 is 14.0 Å². The van der Waals surface area contributed by atoms with Crippen molar-refractivity contribution in [2.24, 2.45) is 0 Å². The van der Waals surface area contributed by atoms with Gasteiger partial charge < -0.3 is 19.8 Å². The Kier molecular flexibility index (Phi) is 5.22. The van der Waals surface area contributed by atoms with Crippen LogP contribution in [-0.2, 0) is 5.75 Å². The van der Waals surface area contributed by atoms with Crippen molar-refractivity contribution in [3.63, 3.8) is 0 Å². The quantitative estimate of drug-likeness (QED) is 0.360. The summed E-state index contributed by atoms with van der Waals surface area (Å²) in [6, 6.07) is 11.3. The third kappa shape index (κ3) is 3.56. The number of thiophene rings is 1. The Balaban J connectivity index is 1.51. The van der Waals surface area contributed by atoms with Crippen LogP contribution >= 0.6 is 23.1 Å². The fourth-order valence-electron chi connectivity index (χ4n) is 2.60. The first-order chi connectivity index (χ1) is 13.7. The Morgan fingerprint density at radius 1 is 1.18 bits per heavy atom. The van der Waals surface area contributed by atoms with Crippen molar-refractivity contribution >= 4 is 23.1 Å². The lowest BCUT2D eigenvalue weighted by Crippen LogP contribution is -2.12. The molecule has 0 fully saturated rings. The van der Waals surface area contributed by atoms with Gasteiger partial charge in [-0.15, -0.1) is 21.5 Å². The van der Waals surface area contributed by atoms with Gasteiger partial charge in [0.05, 0.1) is 30.4 Å². The Morgan fingerprint density at radius 2 is 2.07 bits per heavy atom. The number of rotatable bonds is 7. The van der Waals surface area contributed by atoms with Crippen molar-refractivity contribution in [3.8, 4) is 33.5 Å². The van der Waals surface area contributed by atoms with E-state index in [1.54, 1.807) is 31.6 Å². The van der Waals surface area contributed by atoms with Crippen molar-refractivity contribution in [1.82, 2.24) is 20.0 Å². The molecule has 0 unspecified atom stereocenters. The molecule has 0 aliphatic heterocycles. The van der Waals surface area contributed by atoms with Gasteiger partial charge in [0.15, 0.2) is 11.6 Å². The SMILES string of the molecule is COc1ccc(-c2nnc(SCc3cc(-c4cccs4)on3)n2N)c(OC)c1. The van der Waals surface area contributed by atoms with Crippen LogP contribution in [0, 0.1) is 0 Å². The molecule has 0 amide bonds. The summed E-state index contributed by atoms with van der Waals surface area (Å²) in [6.07, 6.45) is 0. The normalized spacial score (nSPS) is 10.9. The maximum absolute atomic E-state index is 6.22. The predicted octanol–water partition coefficient (Wildman–Crippen LogP) is 3.68. The molecule has 0 atom stereocenters. The average molecular weight is 416 g/mol. The topological polar surface area (TPSA) is 101 Å². The number of nitrogens with zero attached hydrogens (tertiary/aromatic N) is 4. The van der Waals surface area contributed by atoms with E-state index in [1.807, 2.05) is 35.7 Å². The van der Waals surface area contributed by atoms with E-state index in [1.165, 1.54) is 16.4 Å². The molecule has 10 heteroatoms. The van der Waals surface area contributed by atoms with Gasteiger partial charge in [-0.3, -0.25) is 0 Å². The Bertz CT molecular complexity index is 1080. The van der Waals surface area contributed by atoms with E-state index in [9.17, 15) is 0 Å². The molecular weight excluding hydrogens is 398 g/mol. The van der Waals surface area contributed by atoms with Crippen LogP contribution in [0.2, 0.25) is 0 Å². The molecule has 0 spiro atoms. The first-order valence-corrected chi connectivity index (χ1v) is 10.1. The van der Waals surface area contributed by atoms with Gasteiger partial charge >= 0.3 is 0 Å². The fourth-order valence-corrected chi connectivity index (χ4v) is 4.01. The van der Waals surface area contributed by atoms with Gasteiger partial charge in [0.25, 0.3) is 0 Å². The summed E-state index contributed by atoms with van der Waals surface area (Å²) >= 11 is 3.03. The molecule has 0 radical (unpaired) electrons. The van der Waals surface area contributed by atoms with Crippen LogP contribution in [0.25, 0.3) is 22.0 Å². The van der Waals surface area contributed by atoms with E-state index in [4.69, 9.17) is 19.8 Å². The van der Waals surface area contributed by atoms with Gasteiger partial charge in [-0.25, -0.2) is 4.68 Å². The summed E-state index contributed by atoms with van der Waals surface area (Å²) in [5.41, 5.74) is 1.53. The molecule has 144 valence electrons. The zero-order valence-corrected chi connectivity index (χ0v) is 16.8. The third-order valence-electron chi connectivity index (χ3n) is 3.99. The van der Waals surface area contributed by atoms with Crippen molar-refractivity contribution in [1.29, 1.82) is 0 Å². The predicted molar refractivity (Wildman–Crippen MR) is 108 cm³/mol. The van der Waals surface area contributed by atoms with Crippen LogP contribution in [0.3, 0.4) is 0 Å². The molecule has 8 nitrogen and oxygen atoms in total. The minimum absolute atomic E-state index is 0.501. The number of nitrogens with two attached hydrogens (primary N) is 1. The van der Waals surface area contributed by atoms with E-state index in [0.29, 0.717) is 28.2 Å². The molecule has 0 aliphatic carbocycles.